The Bertz CT molecular complexity index is 231. The molecule has 120 valence electrons. The van der Waals surface area contributed by atoms with Gasteiger partial charge in [-0.15, -0.1) is 0 Å². The minimum absolute atomic E-state index is 0.472. The fraction of sp³-hybridized carbons (Fsp3) is 0.824. The van der Waals surface area contributed by atoms with E-state index >= 15 is 0 Å². The zero-order valence-corrected chi connectivity index (χ0v) is 14.3. The average molecular weight is 284 g/mol. The number of ether oxygens (including phenoxy) is 1. The normalized spacial score (nSPS) is 11.8. The molecule has 0 rings (SSSR count). The third kappa shape index (κ3) is 17.2. The summed E-state index contributed by atoms with van der Waals surface area (Å²) in [6, 6.07) is 0. The number of nitrogens with two attached hydrogens (primary N) is 1. The summed E-state index contributed by atoms with van der Waals surface area (Å²) in [7, 11) is 0. The third-order valence-corrected chi connectivity index (χ3v) is 2.69. The van der Waals surface area contributed by atoms with E-state index in [9.17, 15) is 0 Å². The van der Waals surface area contributed by atoms with Crippen molar-refractivity contribution in [1.82, 2.24) is 0 Å². The van der Waals surface area contributed by atoms with Crippen LogP contribution in [0.3, 0.4) is 0 Å². The molecule has 3 heteroatoms. The molecule has 0 saturated carbocycles. The maximum Gasteiger partial charge on any atom is 0.0463 e. The molecule has 0 amide bonds. The first kappa shape index (κ1) is 21.5. The fourth-order valence-corrected chi connectivity index (χ4v) is 1.40. The first-order valence-corrected chi connectivity index (χ1v) is 8.13. The van der Waals surface area contributed by atoms with Gasteiger partial charge in [-0.3, -0.25) is 4.99 Å². The van der Waals surface area contributed by atoms with Gasteiger partial charge in [0.2, 0.25) is 0 Å². The largest absolute Gasteiger partial charge is 0.404 e. The van der Waals surface area contributed by atoms with Crippen molar-refractivity contribution in [3.63, 3.8) is 0 Å². The van der Waals surface area contributed by atoms with Gasteiger partial charge in [0.1, 0.15) is 0 Å². The van der Waals surface area contributed by atoms with Crippen molar-refractivity contribution in [2.45, 2.75) is 66.7 Å². The number of rotatable bonds is 10. The topological polar surface area (TPSA) is 47.6 Å². The highest BCUT2D eigenvalue weighted by molar-refractivity contribution is 5.78. The molecule has 0 aromatic carbocycles. The van der Waals surface area contributed by atoms with E-state index in [1.807, 2.05) is 6.21 Å². The molecule has 0 saturated heterocycles. The highest BCUT2D eigenvalue weighted by Crippen LogP contribution is 2.04. The quantitative estimate of drug-likeness (QED) is 0.472. The molecule has 0 aliphatic heterocycles. The molecule has 3 nitrogen and oxygen atoms in total. The van der Waals surface area contributed by atoms with Crippen molar-refractivity contribution >= 4 is 6.21 Å². The molecular weight excluding hydrogens is 248 g/mol. The van der Waals surface area contributed by atoms with Crippen molar-refractivity contribution < 1.29 is 4.74 Å². The Morgan fingerprint density at radius 2 is 1.65 bits per heavy atom. The van der Waals surface area contributed by atoms with Crippen molar-refractivity contribution in [1.29, 1.82) is 0 Å². The monoisotopic (exact) mass is 284 g/mol. The van der Waals surface area contributed by atoms with Crippen LogP contribution in [0.5, 0.6) is 0 Å². The second kappa shape index (κ2) is 18.2. The molecule has 0 radical (unpaired) electrons. The summed E-state index contributed by atoms with van der Waals surface area (Å²) < 4.78 is 5.13. The van der Waals surface area contributed by atoms with E-state index in [1.165, 1.54) is 19.3 Å². The number of unbranched alkanes of at least 4 members (excludes halogenated alkanes) is 2. The standard InChI is InChI=1S/C11H22N2.C6H14O/c1-4-5-6-7-13-9-11(8-12)10(2)3;1-3-5-7-6-4-2/h8-10H,4-7,12H2,1-3H3;3-6H2,1-2H3/b11-8+,13-9?;. The Morgan fingerprint density at radius 3 is 2.05 bits per heavy atom. The maximum absolute atomic E-state index is 5.46. The molecule has 0 aliphatic rings. The molecular formula is C17H36N2O. The van der Waals surface area contributed by atoms with Gasteiger partial charge in [0.05, 0.1) is 0 Å². The van der Waals surface area contributed by atoms with Crippen LogP contribution in [-0.4, -0.2) is 26.0 Å². The van der Waals surface area contributed by atoms with E-state index in [0.29, 0.717) is 5.92 Å². The van der Waals surface area contributed by atoms with Crippen molar-refractivity contribution in [3.8, 4) is 0 Å². The molecule has 0 fully saturated rings. The Labute approximate surface area is 126 Å². The van der Waals surface area contributed by atoms with E-state index in [4.69, 9.17) is 10.5 Å². The van der Waals surface area contributed by atoms with Crippen LogP contribution >= 0.6 is 0 Å². The van der Waals surface area contributed by atoms with Gasteiger partial charge < -0.3 is 10.5 Å². The van der Waals surface area contributed by atoms with E-state index in [1.54, 1.807) is 6.20 Å². The SMILES string of the molecule is CCCCCN=C/C(=C\N)C(C)C.CCCOCCC. The highest BCUT2D eigenvalue weighted by Gasteiger charge is 1.97. The van der Waals surface area contributed by atoms with Gasteiger partial charge in [0.15, 0.2) is 0 Å². The Morgan fingerprint density at radius 1 is 1.05 bits per heavy atom. The van der Waals surface area contributed by atoms with Crippen LogP contribution in [0.15, 0.2) is 16.8 Å². The second-order valence-electron chi connectivity index (χ2n) is 5.18. The summed E-state index contributed by atoms with van der Waals surface area (Å²) in [5.74, 6) is 0.472. The summed E-state index contributed by atoms with van der Waals surface area (Å²) in [6.45, 7) is 13.5. The molecule has 0 aromatic heterocycles. The first-order valence-electron chi connectivity index (χ1n) is 8.13. The van der Waals surface area contributed by atoms with Gasteiger partial charge >= 0.3 is 0 Å². The van der Waals surface area contributed by atoms with E-state index < -0.39 is 0 Å². The molecule has 0 aliphatic carbocycles. The summed E-state index contributed by atoms with van der Waals surface area (Å²) in [6.07, 6.45) is 9.53. The zero-order chi connectivity index (χ0) is 15.6. The van der Waals surface area contributed by atoms with E-state index in [-0.39, 0.29) is 0 Å². The van der Waals surface area contributed by atoms with Crippen LogP contribution in [-0.2, 0) is 4.74 Å². The minimum Gasteiger partial charge on any atom is -0.404 e. The van der Waals surface area contributed by atoms with Crippen LogP contribution < -0.4 is 5.73 Å². The summed E-state index contributed by atoms with van der Waals surface area (Å²) in [5, 5.41) is 0. The highest BCUT2D eigenvalue weighted by atomic mass is 16.5. The van der Waals surface area contributed by atoms with Gasteiger partial charge in [-0.25, -0.2) is 0 Å². The van der Waals surface area contributed by atoms with Gasteiger partial charge in [-0.2, -0.15) is 0 Å². The average Bonchev–Trinajstić information content (AvgIpc) is 2.44. The Hall–Kier alpha value is -0.830. The van der Waals surface area contributed by atoms with Crippen LogP contribution in [0, 0.1) is 5.92 Å². The van der Waals surface area contributed by atoms with Crippen molar-refractivity contribution in [2.24, 2.45) is 16.6 Å². The lowest BCUT2D eigenvalue weighted by Gasteiger charge is -2.03. The van der Waals surface area contributed by atoms with Gasteiger partial charge in [0.25, 0.3) is 0 Å². The molecule has 0 atom stereocenters. The van der Waals surface area contributed by atoms with E-state index in [0.717, 1.165) is 38.2 Å². The minimum atomic E-state index is 0.472. The molecule has 0 unspecified atom stereocenters. The molecule has 20 heavy (non-hydrogen) atoms. The van der Waals surface area contributed by atoms with Crippen molar-refractivity contribution in [3.05, 3.63) is 11.8 Å². The lowest BCUT2D eigenvalue weighted by Crippen LogP contribution is -1.99. The lowest BCUT2D eigenvalue weighted by atomic mass is 10.1. The maximum atomic E-state index is 5.46. The molecule has 0 spiro atoms. The van der Waals surface area contributed by atoms with Crippen LogP contribution in [0.25, 0.3) is 0 Å². The molecule has 0 aromatic rings. The number of allylic oxidation sites excluding steroid dienone is 1. The van der Waals surface area contributed by atoms with Gasteiger partial charge in [-0.1, -0.05) is 47.5 Å². The zero-order valence-electron chi connectivity index (χ0n) is 14.3. The van der Waals surface area contributed by atoms with Gasteiger partial charge in [0, 0.05) is 26.0 Å². The number of hydrogen-bond donors (Lipinski definition) is 1. The first-order chi connectivity index (χ1) is 9.63. The van der Waals surface area contributed by atoms with Gasteiger partial charge in [-0.05, 0) is 37.0 Å². The Kier molecular flexibility index (Phi) is 19.5. The predicted molar refractivity (Wildman–Crippen MR) is 91.4 cm³/mol. The summed E-state index contributed by atoms with van der Waals surface area (Å²) in [4.78, 5) is 4.33. The molecule has 2 N–H and O–H groups in total. The number of aliphatic imine (C=N–C) groups is 1. The number of nitrogens with zero attached hydrogens (tertiary/aromatic N) is 1. The fourth-order valence-electron chi connectivity index (χ4n) is 1.40. The second-order valence-corrected chi connectivity index (χ2v) is 5.18. The van der Waals surface area contributed by atoms with Crippen LogP contribution in [0.4, 0.5) is 0 Å². The molecule has 0 bridgehead atoms. The smallest absolute Gasteiger partial charge is 0.0463 e. The van der Waals surface area contributed by atoms with Crippen molar-refractivity contribution in [2.75, 3.05) is 19.8 Å². The Balaban J connectivity index is 0. The molecule has 0 heterocycles. The predicted octanol–water partition coefficient (Wildman–Crippen LogP) is 4.57. The third-order valence-electron chi connectivity index (χ3n) is 2.69. The summed E-state index contributed by atoms with van der Waals surface area (Å²) in [5.41, 5.74) is 6.58. The van der Waals surface area contributed by atoms with E-state index in [2.05, 4.69) is 39.6 Å². The van der Waals surface area contributed by atoms with Crippen LogP contribution in [0.2, 0.25) is 0 Å². The summed E-state index contributed by atoms with van der Waals surface area (Å²) >= 11 is 0. The number of hydrogen-bond acceptors (Lipinski definition) is 3. The lowest BCUT2D eigenvalue weighted by molar-refractivity contribution is 0.135. The van der Waals surface area contributed by atoms with Crippen LogP contribution in [0.1, 0.15) is 66.7 Å².